The molecule has 1 aliphatic carbocycles. The fourth-order valence-corrected chi connectivity index (χ4v) is 3.59. The molecule has 1 saturated heterocycles. The maximum atomic E-state index is 10.2. The van der Waals surface area contributed by atoms with Crippen LogP contribution in [-0.4, -0.2) is 52.5 Å². The van der Waals surface area contributed by atoms with E-state index in [2.05, 4.69) is 26.8 Å². The molecule has 1 fully saturated rings. The van der Waals surface area contributed by atoms with Gasteiger partial charge in [-0.3, -0.25) is 0 Å². The van der Waals surface area contributed by atoms with Crippen LogP contribution in [0.1, 0.15) is 27.2 Å². The molecule has 14 heavy (non-hydrogen) atoms. The van der Waals surface area contributed by atoms with Crippen LogP contribution in [0, 0.1) is 5.41 Å². The van der Waals surface area contributed by atoms with E-state index in [0.717, 1.165) is 6.42 Å². The van der Waals surface area contributed by atoms with E-state index in [1.165, 1.54) is 0 Å². The van der Waals surface area contributed by atoms with Crippen LogP contribution in [0.3, 0.4) is 0 Å². The van der Waals surface area contributed by atoms with Crippen molar-refractivity contribution < 1.29 is 5.11 Å². The molecule has 0 aromatic carbocycles. The van der Waals surface area contributed by atoms with Crippen molar-refractivity contribution in [1.82, 2.24) is 0 Å². The molecule has 1 heterocycles. The largest absolute Gasteiger partial charge is 0.374 e. The molecule has 74 valence electrons. The van der Waals surface area contributed by atoms with Crippen molar-refractivity contribution in [2.75, 3.05) is 0 Å². The third kappa shape index (κ3) is 1.54. The van der Waals surface area contributed by atoms with Crippen molar-refractivity contribution in [3.05, 3.63) is 24.3 Å². The van der Waals surface area contributed by atoms with Gasteiger partial charge in [-0.15, -0.1) is 11.8 Å². The van der Waals surface area contributed by atoms with Gasteiger partial charge in [-0.25, -0.2) is 0 Å². The summed E-state index contributed by atoms with van der Waals surface area (Å²) < 4.78 is -0.0660. The van der Waals surface area contributed by atoms with Crippen molar-refractivity contribution in [2.45, 2.75) is 36.9 Å². The molecule has 2 unspecified atom stereocenters. The van der Waals surface area contributed by atoms with E-state index in [1.807, 2.05) is 18.2 Å². The molecule has 0 aromatic heterocycles. The van der Waals surface area contributed by atoms with Gasteiger partial charge in [-0.2, -0.15) is 0 Å². The Morgan fingerprint density at radius 3 is 2.36 bits per heavy atom. The van der Waals surface area contributed by atoms with Crippen molar-refractivity contribution in [3.8, 4) is 0 Å². The Kier molecular flexibility index (Phi) is 3.57. The van der Waals surface area contributed by atoms with Gasteiger partial charge in [0.2, 0.25) is 0 Å². The number of thioether (sulfide) groups is 1. The van der Waals surface area contributed by atoms with Gasteiger partial charge in [0.25, 0.3) is 0 Å². The first-order valence-corrected chi connectivity index (χ1v) is 5.59. The van der Waals surface area contributed by atoms with Crippen LogP contribution in [0.5, 0.6) is 0 Å². The number of aliphatic hydroxyl groups is 1. The maximum Gasteiger partial charge on any atom is 0.149 e. The van der Waals surface area contributed by atoms with Gasteiger partial charge in [0.1, 0.15) is 4.93 Å². The molecule has 2 aliphatic rings. The molecule has 2 atom stereocenters. The minimum atomic E-state index is -0.624. The van der Waals surface area contributed by atoms with E-state index < -0.39 is 4.93 Å². The standard InChI is InChI=1S/C11H16OS.Ca/c1-4-9(2,3)10-7-5-6-8-11(10,12)13-10;/h5-8,12H,4H2,1-3H3;. The third-order valence-electron chi connectivity index (χ3n) is 3.46. The Balaban J connectivity index is 0.000000980. The number of fused-ring (bicyclic) bond motifs is 1. The zero-order valence-electron chi connectivity index (χ0n) is 9.08. The number of allylic oxidation sites excluding steroid dienone is 2. The molecule has 2 rings (SSSR count). The van der Waals surface area contributed by atoms with E-state index in [4.69, 9.17) is 0 Å². The minimum Gasteiger partial charge on any atom is -0.374 e. The number of rotatable bonds is 2. The van der Waals surface area contributed by atoms with Crippen LogP contribution < -0.4 is 0 Å². The second kappa shape index (κ2) is 3.81. The maximum absolute atomic E-state index is 10.2. The molecule has 1 aliphatic heterocycles. The van der Waals surface area contributed by atoms with Crippen molar-refractivity contribution in [3.63, 3.8) is 0 Å². The van der Waals surface area contributed by atoms with Crippen LogP contribution in [-0.2, 0) is 0 Å². The molecule has 0 bridgehead atoms. The summed E-state index contributed by atoms with van der Waals surface area (Å²) in [6.07, 6.45) is 9.13. The summed E-state index contributed by atoms with van der Waals surface area (Å²) in [7, 11) is 0. The van der Waals surface area contributed by atoms with Crippen LogP contribution in [0.2, 0.25) is 0 Å². The van der Waals surface area contributed by atoms with Gasteiger partial charge >= 0.3 is 0 Å². The molecule has 1 nitrogen and oxygen atoms in total. The molecule has 0 aromatic rings. The molecule has 0 saturated carbocycles. The summed E-state index contributed by atoms with van der Waals surface area (Å²) in [6, 6.07) is 0. The Hall–Kier alpha value is 1.05. The average Bonchev–Trinajstić information content (AvgIpc) is 2.73. The number of hydrogen-bond donors (Lipinski definition) is 1. The van der Waals surface area contributed by atoms with Gasteiger partial charge < -0.3 is 5.11 Å². The van der Waals surface area contributed by atoms with Gasteiger partial charge in [-0.1, -0.05) is 39.0 Å². The summed E-state index contributed by atoms with van der Waals surface area (Å²) in [5.74, 6) is 0. The summed E-state index contributed by atoms with van der Waals surface area (Å²) in [5.41, 5.74) is 0.160. The zero-order chi connectivity index (χ0) is 9.74. The Bertz CT molecular complexity index is 298. The molecule has 0 amide bonds. The summed E-state index contributed by atoms with van der Waals surface area (Å²) in [6.45, 7) is 6.63. The molecular formula is C11H16CaOS. The third-order valence-corrected chi connectivity index (χ3v) is 5.35. The molecule has 1 N–H and O–H groups in total. The summed E-state index contributed by atoms with van der Waals surface area (Å²) in [5, 5.41) is 10.2. The molecule has 3 heteroatoms. The van der Waals surface area contributed by atoms with Crippen molar-refractivity contribution in [1.29, 1.82) is 0 Å². The fraction of sp³-hybridized carbons (Fsp3) is 0.636. The predicted octanol–water partition coefficient (Wildman–Crippen LogP) is 2.34. The molecule has 2 radical (unpaired) electrons. The van der Waals surface area contributed by atoms with E-state index >= 15 is 0 Å². The van der Waals surface area contributed by atoms with Gasteiger partial charge in [0.15, 0.2) is 0 Å². The molecule has 0 spiro atoms. The van der Waals surface area contributed by atoms with E-state index in [0.29, 0.717) is 0 Å². The SMILES string of the molecule is CCC(C)(C)C12C=CC=CC1(O)S2.[Ca]. The average molecular weight is 236 g/mol. The predicted molar refractivity (Wildman–Crippen MR) is 63.4 cm³/mol. The van der Waals surface area contributed by atoms with Crippen LogP contribution >= 0.6 is 11.8 Å². The first kappa shape index (κ1) is 13.1. The fourth-order valence-electron chi connectivity index (χ4n) is 2.02. The Labute approximate surface area is 120 Å². The van der Waals surface area contributed by atoms with Crippen LogP contribution in [0.15, 0.2) is 24.3 Å². The minimum absolute atomic E-state index is 0. The van der Waals surface area contributed by atoms with Gasteiger partial charge in [0.05, 0.1) is 4.75 Å². The smallest absolute Gasteiger partial charge is 0.149 e. The Morgan fingerprint density at radius 2 is 1.86 bits per heavy atom. The monoisotopic (exact) mass is 236 g/mol. The van der Waals surface area contributed by atoms with E-state index in [1.54, 1.807) is 11.8 Å². The van der Waals surface area contributed by atoms with Gasteiger partial charge in [0, 0.05) is 37.7 Å². The van der Waals surface area contributed by atoms with Crippen molar-refractivity contribution >= 4 is 49.5 Å². The molecular weight excluding hydrogens is 220 g/mol. The van der Waals surface area contributed by atoms with E-state index in [9.17, 15) is 5.11 Å². The summed E-state index contributed by atoms with van der Waals surface area (Å²) >= 11 is 1.66. The first-order valence-electron chi connectivity index (χ1n) is 4.77. The number of hydrogen-bond acceptors (Lipinski definition) is 2. The van der Waals surface area contributed by atoms with Crippen molar-refractivity contribution in [2.24, 2.45) is 5.41 Å². The zero-order valence-corrected chi connectivity index (χ0v) is 12.1. The quantitative estimate of drug-likeness (QED) is 0.586. The van der Waals surface area contributed by atoms with Gasteiger partial charge in [-0.05, 0) is 17.9 Å². The summed E-state index contributed by atoms with van der Waals surface area (Å²) in [4.78, 5) is -0.624. The second-order valence-corrected chi connectivity index (χ2v) is 5.96. The normalized spacial score (nSPS) is 38.9. The first-order chi connectivity index (χ1) is 5.97. The van der Waals surface area contributed by atoms with Crippen LogP contribution in [0.25, 0.3) is 0 Å². The second-order valence-electron chi connectivity index (χ2n) is 4.49. The Morgan fingerprint density at radius 1 is 1.29 bits per heavy atom. The topological polar surface area (TPSA) is 20.2 Å². The van der Waals surface area contributed by atoms with E-state index in [-0.39, 0.29) is 47.9 Å². The van der Waals surface area contributed by atoms with Crippen LogP contribution in [0.4, 0.5) is 0 Å².